The molecule has 1 aromatic rings. The molecule has 0 atom stereocenters. The van der Waals surface area contributed by atoms with Crippen LogP contribution in [0.5, 0.6) is 0 Å². The van der Waals surface area contributed by atoms with Gasteiger partial charge in [-0.25, -0.2) is 0 Å². The Morgan fingerprint density at radius 1 is 0.963 bits per heavy atom. The summed E-state index contributed by atoms with van der Waals surface area (Å²) in [5.74, 6) is -0.0513. The molecule has 1 fully saturated rings. The van der Waals surface area contributed by atoms with Gasteiger partial charge in [0.05, 0.1) is 5.54 Å². The number of amides is 1. The summed E-state index contributed by atoms with van der Waals surface area (Å²) in [5.41, 5.74) is 8.03. The Morgan fingerprint density at radius 2 is 1.48 bits per heavy atom. The Labute approximate surface area is 165 Å². The second-order valence-corrected chi connectivity index (χ2v) is 8.19. The van der Waals surface area contributed by atoms with E-state index in [0.717, 1.165) is 19.3 Å². The molecule has 0 spiro atoms. The highest BCUT2D eigenvalue weighted by molar-refractivity contribution is 5.95. The fraction of sp³-hybridized carbons (Fsp3) is 0.625. The third-order valence-corrected chi connectivity index (χ3v) is 5.75. The van der Waals surface area contributed by atoms with Crippen LogP contribution in [0.3, 0.4) is 0 Å². The van der Waals surface area contributed by atoms with Crippen LogP contribution in [0.2, 0.25) is 0 Å². The highest BCUT2D eigenvalue weighted by Crippen LogP contribution is 2.39. The van der Waals surface area contributed by atoms with Gasteiger partial charge in [-0.3, -0.25) is 4.79 Å². The molecule has 0 bridgehead atoms. The zero-order chi connectivity index (χ0) is 19.5. The van der Waals surface area contributed by atoms with E-state index in [1.807, 2.05) is 12.1 Å². The molecule has 0 unspecified atom stereocenters. The maximum Gasteiger partial charge on any atom is 0.252 e. The van der Waals surface area contributed by atoms with Gasteiger partial charge in [-0.2, -0.15) is 0 Å². The molecule has 1 aliphatic rings. The molecule has 1 amide bonds. The zero-order valence-corrected chi connectivity index (χ0v) is 17.2. The highest BCUT2D eigenvalue weighted by Gasteiger charge is 2.45. The van der Waals surface area contributed by atoms with Gasteiger partial charge in [-0.05, 0) is 43.4 Å². The van der Waals surface area contributed by atoms with E-state index in [0.29, 0.717) is 11.3 Å². The van der Waals surface area contributed by atoms with Crippen molar-refractivity contribution in [3.63, 3.8) is 0 Å². The zero-order valence-electron chi connectivity index (χ0n) is 17.2. The van der Waals surface area contributed by atoms with E-state index < -0.39 is 0 Å². The van der Waals surface area contributed by atoms with E-state index in [4.69, 9.17) is 5.73 Å². The molecule has 3 nitrogen and oxygen atoms in total. The van der Waals surface area contributed by atoms with Crippen molar-refractivity contribution in [1.82, 2.24) is 5.32 Å². The summed E-state index contributed by atoms with van der Waals surface area (Å²) >= 11 is 0. The van der Waals surface area contributed by atoms with Crippen molar-refractivity contribution >= 4 is 5.91 Å². The Bertz CT molecular complexity index is 587. The van der Waals surface area contributed by atoms with E-state index in [1.165, 1.54) is 69.8 Å². The van der Waals surface area contributed by atoms with Gasteiger partial charge in [0.15, 0.2) is 0 Å². The molecule has 1 aromatic carbocycles. The van der Waals surface area contributed by atoms with E-state index in [-0.39, 0.29) is 11.4 Å². The lowest BCUT2D eigenvalue weighted by Crippen LogP contribution is -2.40. The highest BCUT2D eigenvalue weighted by atomic mass is 16.1. The van der Waals surface area contributed by atoms with Crippen LogP contribution < -0.4 is 11.1 Å². The summed E-state index contributed by atoms with van der Waals surface area (Å²) in [5, 5.41) is 3.03. The maximum atomic E-state index is 12.4. The van der Waals surface area contributed by atoms with Crippen molar-refractivity contribution in [1.29, 1.82) is 0 Å². The minimum absolute atomic E-state index is 0.0513. The van der Waals surface area contributed by atoms with E-state index >= 15 is 0 Å². The Kier molecular flexibility index (Phi) is 8.90. The van der Waals surface area contributed by atoms with Crippen molar-refractivity contribution < 1.29 is 4.79 Å². The Hall–Kier alpha value is -1.77. The predicted molar refractivity (Wildman–Crippen MR) is 115 cm³/mol. The first-order valence-corrected chi connectivity index (χ1v) is 10.9. The molecule has 1 saturated carbocycles. The van der Waals surface area contributed by atoms with Crippen LogP contribution in [0.1, 0.15) is 99.9 Å². The van der Waals surface area contributed by atoms with Crippen molar-refractivity contribution in [2.45, 2.75) is 95.9 Å². The first kappa shape index (κ1) is 21.5. The van der Waals surface area contributed by atoms with Crippen molar-refractivity contribution in [2.75, 3.05) is 0 Å². The smallest absolute Gasteiger partial charge is 0.252 e. The number of benzene rings is 1. The fourth-order valence-corrected chi connectivity index (χ4v) is 3.58. The lowest BCUT2D eigenvalue weighted by atomic mass is 10.0. The molecule has 3 heteroatoms. The van der Waals surface area contributed by atoms with E-state index in [2.05, 4.69) is 31.0 Å². The molecular weight excluding hydrogens is 332 g/mol. The lowest BCUT2D eigenvalue weighted by molar-refractivity contribution is 0.0938. The van der Waals surface area contributed by atoms with E-state index in [9.17, 15) is 4.79 Å². The quantitative estimate of drug-likeness (QED) is 0.401. The first-order valence-electron chi connectivity index (χ1n) is 10.9. The van der Waals surface area contributed by atoms with Crippen molar-refractivity contribution in [2.24, 2.45) is 5.73 Å². The van der Waals surface area contributed by atoms with Gasteiger partial charge in [0.2, 0.25) is 0 Å². The molecule has 0 saturated heterocycles. The average molecular weight is 371 g/mol. The SMILES string of the molecule is C=C(N)C1(NC(=O)c2ccc(CCCCCCCCCCCC)cc2)CC1. The summed E-state index contributed by atoms with van der Waals surface area (Å²) in [6, 6.07) is 8.02. The number of hydrogen-bond acceptors (Lipinski definition) is 2. The number of aryl methyl sites for hydroxylation is 1. The number of nitrogens with one attached hydrogen (secondary N) is 1. The van der Waals surface area contributed by atoms with Crippen molar-refractivity contribution in [3.05, 3.63) is 47.7 Å². The number of hydrogen-bond donors (Lipinski definition) is 2. The number of carbonyl (C=O) groups is 1. The largest absolute Gasteiger partial charge is 0.401 e. The molecule has 2 rings (SSSR count). The fourth-order valence-electron chi connectivity index (χ4n) is 3.58. The van der Waals surface area contributed by atoms with Crippen LogP contribution in [-0.4, -0.2) is 11.4 Å². The van der Waals surface area contributed by atoms with E-state index in [1.54, 1.807) is 0 Å². The average Bonchev–Trinajstić information content (AvgIpc) is 3.44. The molecule has 0 heterocycles. The molecule has 0 radical (unpaired) electrons. The summed E-state index contributed by atoms with van der Waals surface area (Å²) in [6.07, 6.45) is 16.5. The van der Waals surface area contributed by atoms with Gasteiger partial charge in [0.25, 0.3) is 5.91 Å². The summed E-state index contributed by atoms with van der Waals surface area (Å²) in [4.78, 5) is 12.4. The predicted octanol–water partition coefficient (Wildman–Crippen LogP) is 5.88. The number of unbranched alkanes of at least 4 members (excludes halogenated alkanes) is 9. The van der Waals surface area contributed by atoms with Crippen LogP contribution in [0.25, 0.3) is 0 Å². The summed E-state index contributed by atoms with van der Waals surface area (Å²) in [7, 11) is 0. The number of rotatable bonds is 14. The molecule has 3 N–H and O–H groups in total. The van der Waals surface area contributed by atoms with Crippen LogP contribution in [0.4, 0.5) is 0 Å². The first-order chi connectivity index (χ1) is 13.1. The lowest BCUT2D eigenvalue weighted by Gasteiger charge is -2.17. The van der Waals surface area contributed by atoms with Crippen LogP contribution in [0.15, 0.2) is 36.5 Å². The monoisotopic (exact) mass is 370 g/mol. The van der Waals surface area contributed by atoms with Crippen molar-refractivity contribution in [3.8, 4) is 0 Å². The van der Waals surface area contributed by atoms with Gasteiger partial charge in [-0.1, -0.05) is 83.4 Å². The third-order valence-electron chi connectivity index (χ3n) is 5.75. The van der Waals surface area contributed by atoms with Gasteiger partial charge in [-0.15, -0.1) is 0 Å². The van der Waals surface area contributed by atoms with Gasteiger partial charge in [0, 0.05) is 11.3 Å². The second-order valence-electron chi connectivity index (χ2n) is 8.19. The molecule has 0 aliphatic heterocycles. The molecular formula is C24H38N2O. The van der Waals surface area contributed by atoms with Gasteiger partial charge in [0.1, 0.15) is 0 Å². The molecule has 150 valence electrons. The summed E-state index contributed by atoms with van der Waals surface area (Å²) < 4.78 is 0. The standard InChI is InChI=1S/C24H38N2O/c1-3-4-5-6-7-8-9-10-11-12-13-21-14-16-22(17-15-21)23(27)26-24(18-19-24)20(2)25/h14-17H,2-13,18-19,25H2,1H3,(H,26,27). The topological polar surface area (TPSA) is 55.1 Å². The van der Waals surface area contributed by atoms with Crippen LogP contribution >= 0.6 is 0 Å². The minimum atomic E-state index is -0.355. The molecule has 1 aliphatic carbocycles. The number of nitrogens with two attached hydrogens (primary N) is 1. The molecule has 0 aromatic heterocycles. The van der Waals surface area contributed by atoms with Gasteiger partial charge >= 0.3 is 0 Å². The second kappa shape index (κ2) is 11.2. The Morgan fingerprint density at radius 3 is 1.96 bits per heavy atom. The summed E-state index contributed by atoms with van der Waals surface area (Å²) in [6.45, 7) is 6.06. The normalized spacial score (nSPS) is 14.7. The Balaban J connectivity index is 1.58. The van der Waals surface area contributed by atoms with Gasteiger partial charge < -0.3 is 11.1 Å². The third kappa shape index (κ3) is 7.40. The van der Waals surface area contributed by atoms with Crippen LogP contribution in [0, 0.1) is 0 Å². The maximum absolute atomic E-state index is 12.4. The molecule has 27 heavy (non-hydrogen) atoms. The van der Waals surface area contributed by atoms with Crippen LogP contribution in [-0.2, 0) is 6.42 Å². The number of carbonyl (C=O) groups excluding carboxylic acids is 1. The minimum Gasteiger partial charge on any atom is -0.401 e.